The predicted octanol–water partition coefficient (Wildman–Crippen LogP) is 3.15. The lowest BCUT2D eigenvalue weighted by Crippen LogP contribution is -2.36. The number of anilines is 1. The van der Waals surface area contributed by atoms with Gasteiger partial charge < -0.3 is 10.0 Å². The van der Waals surface area contributed by atoms with Crippen LogP contribution in [0.2, 0.25) is 0 Å². The third-order valence-corrected chi connectivity index (χ3v) is 3.02. The molecule has 1 aliphatic heterocycles. The molecule has 1 aliphatic rings. The second-order valence-electron chi connectivity index (χ2n) is 4.08. The van der Waals surface area contributed by atoms with Crippen LogP contribution in [0.5, 0.6) is 0 Å². The summed E-state index contributed by atoms with van der Waals surface area (Å²) in [6.07, 6.45) is 1.26. The van der Waals surface area contributed by atoms with Crippen molar-refractivity contribution in [2.45, 2.75) is 26.7 Å². The van der Waals surface area contributed by atoms with Gasteiger partial charge in [0.1, 0.15) is 5.82 Å². The minimum atomic E-state index is -0.723. The molecule has 0 spiro atoms. The molecule has 18 heavy (non-hydrogen) atoms. The van der Waals surface area contributed by atoms with Gasteiger partial charge in [0.15, 0.2) is 0 Å². The fraction of sp³-hybridized carbons (Fsp3) is 0.500. The van der Waals surface area contributed by atoms with E-state index in [1.165, 1.54) is 12.1 Å². The molecule has 0 aliphatic carbocycles. The maximum Gasteiger partial charge on any atom is 0.306 e. The monoisotopic (exact) mass is 253 g/mol. The van der Waals surface area contributed by atoms with Gasteiger partial charge in [-0.25, -0.2) is 4.39 Å². The molecule has 0 saturated carbocycles. The Hall–Kier alpha value is -1.58. The van der Waals surface area contributed by atoms with Gasteiger partial charge in [0.05, 0.1) is 5.92 Å². The maximum atomic E-state index is 13.0. The molecule has 0 radical (unpaired) electrons. The second kappa shape index (κ2) is 6.99. The number of carbonyl (C=O) groups is 1. The highest BCUT2D eigenvalue weighted by atomic mass is 19.1. The molecule has 4 heteroatoms. The Morgan fingerprint density at radius 3 is 2.44 bits per heavy atom. The molecular weight excluding hydrogens is 233 g/mol. The van der Waals surface area contributed by atoms with Crippen molar-refractivity contribution < 1.29 is 14.3 Å². The first-order valence-electron chi connectivity index (χ1n) is 6.40. The number of aliphatic carboxylic acids is 1. The molecule has 3 nitrogen and oxygen atoms in total. The Kier molecular flexibility index (Phi) is 5.62. The van der Waals surface area contributed by atoms with Crippen LogP contribution in [-0.2, 0) is 4.79 Å². The zero-order chi connectivity index (χ0) is 13.5. The predicted molar refractivity (Wildman–Crippen MR) is 70.3 cm³/mol. The summed E-state index contributed by atoms with van der Waals surface area (Å²) in [5.74, 6) is -1.22. The van der Waals surface area contributed by atoms with Crippen LogP contribution in [0.1, 0.15) is 26.7 Å². The number of halogens is 1. The zero-order valence-corrected chi connectivity index (χ0v) is 10.9. The van der Waals surface area contributed by atoms with Crippen molar-refractivity contribution in [3.8, 4) is 0 Å². The van der Waals surface area contributed by atoms with E-state index in [2.05, 4.69) is 0 Å². The van der Waals surface area contributed by atoms with Crippen LogP contribution in [0.25, 0.3) is 0 Å². The number of hydrogen-bond donors (Lipinski definition) is 1. The largest absolute Gasteiger partial charge is 0.481 e. The lowest BCUT2D eigenvalue weighted by Gasteiger charge is -2.31. The molecule has 0 amide bonds. The number of benzene rings is 1. The average molecular weight is 253 g/mol. The van der Waals surface area contributed by atoms with E-state index in [1.54, 1.807) is 6.07 Å². The summed E-state index contributed by atoms with van der Waals surface area (Å²) < 4.78 is 13.0. The molecule has 1 aromatic rings. The van der Waals surface area contributed by atoms with Crippen LogP contribution in [0.3, 0.4) is 0 Å². The Labute approximate surface area is 107 Å². The second-order valence-corrected chi connectivity index (χ2v) is 4.08. The first kappa shape index (κ1) is 14.5. The number of carboxylic acid groups (broad SMARTS) is 1. The third kappa shape index (κ3) is 3.72. The van der Waals surface area contributed by atoms with Crippen LogP contribution >= 0.6 is 0 Å². The van der Waals surface area contributed by atoms with Crippen LogP contribution in [0.15, 0.2) is 24.3 Å². The van der Waals surface area contributed by atoms with Gasteiger partial charge in [-0.15, -0.1) is 0 Å². The van der Waals surface area contributed by atoms with Gasteiger partial charge >= 0.3 is 5.97 Å². The van der Waals surface area contributed by atoms with Crippen LogP contribution < -0.4 is 4.90 Å². The molecule has 1 heterocycles. The number of piperidine rings is 1. The van der Waals surface area contributed by atoms with E-state index in [0.717, 1.165) is 5.69 Å². The fourth-order valence-corrected chi connectivity index (χ4v) is 2.06. The van der Waals surface area contributed by atoms with Crippen molar-refractivity contribution in [3.05, 3.63) is 30.1 Å². The average Bonchev–Trinajstić information content (AvgIpc) is 2.41. The van der Waals surface area contributed by atoms with Gasteiger partial charge in [-0.2, -0.15) is 0 Å². The Morgan fingerprint density at radius 1 is 1.33 bits per heavy atom. The van der Waals surface area contributed by atoms with Gasteiger partial charge in [0.25, 0.3) is 0 Å². The van der Waals surface area contributed by atoms with Gasteiger partial charge in [-0.1, -0.05) is 19.9 Å². The van der Waals surface area contributed by atoms with Crippen molar-refractivity contribution in [2.75, 3.05) is 18.0 Å². The van der Waals surface area contributed by atoms with E-state index in [9.17, 15) is 9.18 Å². The van der Waals surface area contributed by atoms with Gasteiger partial charge in [-0.3, -0.25) is 4.79 Å². The highest BCUT2D eigenvalue weighted by Crippen LogP contribution is 2.23. The molecule has 1 saturated heterocycles. The summed E-state index contributed by atoms with van der Waals surface area (Å²) in [5, 5.41) is 8.86. The van der Waals surface area contributed by atoms with E-state index in [0.29, 0.717) is 25.9 Å². The smallest absolute Gasteiger partial charge is 0.306 e. The molecular formula is C14H20FNO2. The number of rotatable bonds is 2. The summed E-state index contributed by atoms with van der Waals surface area (Å²) in [6.45, 7) is 5.36. The lowest BCUT2D eigenvalue weighted by molar-refractivity contribution is -0.142. The highest BCUT2D eigenvalue weighted by molar-refractivity contribution is 5.70. The SMILES string of the molecule is CC.O=C(O)C1CCN(c2cccc(F)c2)CC1. The zero-order valence-electron chi connectivity index (χ0n) is 10.9. The molecule has 0 atom stereocenters. The van der Waals surface area contributed by atoms with E-state index in [-0.39, 0.29) is 11.7 Å². The summed E-state index contributed by atoms with van der Waals surface area (Å²) in [6, 6.07) is 6.42. The van der Waals surface area contributed by atoms with E-state index in [1.807, 2.05) is 24.8 Å². The van der Waals surface area contributed by atoms with Crippen LogP contribution in [0.4, 0.5) is 10.1 Å². The number of nitrogens with zero attached hydrogens (tertiary/aromatic N) is 1. The van der Waals surface area contributed by atoms with Crippen molar-refractivity contribution in [3.63, 3.8) is 0 Å². The van der Waals surface area contributed by atoms with Crippen LogP contribution in [-0.4, -0.2) is 24.2 Å². The third-order valence-electron chi connectivity index (χ3n) is 3.02. The molecule has 0 unspecified atom stereocenters. The standard InChI is InChI=1S/C12H14FNO2.C2H6/c13-10-2-1-3-11(8-10)14-6-4-9(5-7-14)12(15)16;1-2/h1-3,8-9H,4-7H2,(H,15,16);1-2H3. The molecule has 100 valence electrons. The van der Waals surface area contributed by atoms with Crippen molar-refractivity contribution in [1.82, 2.24) is 0 Å². The molecule has 0 aromatic heterocycles. The molecule has 1 aromatic carbocycles. The van der Waals surface area contributed by atoms with Crippen molar-refractivity contribution >= 4 is 11.7 Å². The van der Waals surface area contributed by atoms with Crippen molar-refractivity contribution in [1.29, 1.82) is 0 Å². The van der Waals surface area contributed by atoms with Crippen molar-refractivity contribution in [2.24, 2.45) is 5.92 Å². The quantitative estimate of drug-likeness (QED) is 0.880. The number of hydrogen-bond acceptors (Lipinski definition) is 2. The Morgan fingerprint density at radius 2 is 1.94 bits per heavy atom. The minimum absolute atomic E-state index is 0.246. The van der Waals surface area contributed by atoms with Gasteiger partial charge in [-0.05, 0) is 31.0 Å². The minimum Gasteiger partial charge on any atom is -0.481 e. The highest BCUT2D eigenvalue weighted by Gasteiger charge is 2.24. The van der Waals surface area contributed by atoms with Crippen LogP contribution in [0, 0.1) is 11.7 Å². The maximum absolute atomic E-state index is 13.0. The fourth-order valence-electron chi connectivity index (χ4n) is 2.06. The normalized spacial score (nSPS) is 15.8. The molecule has 2 rings (SSSR count). The Balaban J connectivity index is 0.000000771. The summed E-state index contributed by atoms with van der Waals surface area (Å²) in [5.41, 5.74) is 0.837. The number of carboxylic acids is 1. The summed E-state index contributed by atoms with van der Waals surface area (Å²) in [7, 11) is 0. The lowest BCUT2D eigenvalue weighted by atomic mass is 9.97. The van der Waals surface area contributed by atoms with Gasteiger partial charge in [0.2, 0.25) is 0 Å². The molecule has 1 fully saturated rings. The van der Waals surface area contributed by atoms with E-state index in [4.69, 9.17) is 5.11 Å². The first-order chi connectivity index (χ1) is 8.66. The first-order valence-corrected chi connectivity index (χ1v) is 6.40. The Bertz CT molecular complexity index is 387. The summed E-state index contributed by atoms with van der Waals surface area (Å²) in [4.78, 5) is 12.8. The topological polar surface area (TPSA) is 40.5 Å². The molecule has 0 bridgehead atoms. The molecule has 1 N–H and O–H groups in total. The van der Waals surface area contributed by atoms with Gasteiger partial charge in [0, 0.05) is 18.8 Å². The van der Waals surface area contributed by atoms with E-state index < -0.39 is 5.97 Å². The van der Waals surface area contributed by atoms with E-state index >= 15 is 0 Å². The summed E-state index contributed by atoms with van der Waals surface area (Å²) >= 11 is 0.